The van der Waals surface area contributed by atoms with Gasteiger partial charge in [0.2, 0.25) is 0 Å². The third-order valence-electron chi connectivity index (χ3n) is 6.83. The Hall–Kier alpha value is -2.36. The van der Waals surface area contributed by atoms with Crippen LogP contribution in [0.5, 0.6) is 0 Å². The average Bonchev–Trinajstić information content (AvgIpc) is 3.12. The molecular formula is C26H35N3O. The highest BCUT2D eigenvalue weighted by molar-refractivity contribution is 5.94. The summed E-state index contributed by atoms with van der Waals surface area (Å²) in [5.41, 5.74) is 5.42. The Morgan fingerprint density at radius 1 is 1.27 bits per heavy atom. The van der Waals surface area contributed by atoms with Crippen molar-refractivity contribution in [2.45, 2.75) is 84.2 Å². The van der Waals surface area contributed by atoms with Gasteiger partial charge in [0.15, 0.2) is 5.69 Å². The van der Waals surface area contributed by atoms with Gasteiger partial charge in [-0.05, 0) is 70.3 Å². The predicted octanol–water partition coefficient (Wildman–Crippen LogP) is 5.63. The quantitative estimate of drug-likeness (QED) is 0.656. The molecule has 4 rings (SSSR count). The number of fused-ring (bicyclic) bond motifs is 1. The molecule has 2 aliphatic rings. The van der Waals surface area contributed by atoms with Gasteiger partial charge in [-0.25, -0.2) is 0 Å². The van der Waals surface area contributed by atoms with E-state index < -0.39 is 0 Å². The number of nitrogens with zero attached hydrogens (tertiary/aromatic N) is 2. The molecule has 3 atom stereocenters. The van der Waals surface area contributed by atoms with E-state index in [4.69, 9.17) is 5.10 Å². The second-order valence-electron chi connectivity index (χ2n) is 9.55. The maximum absolute atomic E-state index is 13.4. The number of nitrogens with one attached hydrogen (secondary N) is 1. The topological polar surface area (TPSA) is 46.9 Å². The van der Waals surface area contributed by atoms with Crippen LogP contribution in [0.2, 0.25) is 0 Å². The zero-order valence-corrected chi connectivity index (χ0v) is 18.9. The Morgan fingerprint density at radius 3 is 2.73 bits per heavy atom. The van der Waals surface area contributed by atoms with Gasteiger partial charge in [0.1, 0.15) is 0 Å². The molecule has 0 bridgehead atoms. The Bertz CT molecular complexity index is 943. The van der Waals surface area contributed by atoms with Gasteiger partial charge in [-0.15, -0.1) is 0 Å². The normalized spacial score (nSPS) is 24.7. The Morgan fingerprint density at radius 2 is 2.00 bits per heavy atom. The average molecular weight is 406 g/mol. The molecule has 30 heavy (non-hydrogen) atoms. The summed E-state index contributed by atoms with van der Waals surface area (Å²) in [6.45, 7) is 8.83. The molecule has 160 valence electrons. The number of carbonyl (C=O) groups is 1. The Kier molecular flexibility index (Phi) is 5.86. The molecule has 0 saturated heterocycles. The van der Waals surface area contributed by atoms with Gasteiger partial charge in [0.05, 0.1) is 11.6 Å². The highest BCUT2D eigenvalue weighted by Gasteiger charge is 2.34. The van der Waals surface area contributed by atoms with E-state index in [1.807, 2.05) is 6.07 Å². The fourth-order valence-corrected chi connectivity index (χ4v) is 5.47. The van der Waals surface area contributed by atoms with E-state index in [9.17, 15) is 4.79 Å². The fourth-order valence-electron chi connectivity index (χ4n) is 5.47. The van der Waals surface area contributed by atoms with E-state index >= 15 is 0 Å². The summed E-state index contributed by atoms with van der Waals surface area (Å²) in [6, 6.07) is 10.6. The summed E-state index contributed by atoms with van der Waals surface area (Å²) in [7, 11) is 0. The minimum Gasteiger partial charge on any atom is -0.342 e. The van der Waals surface area contributed by atoms with E-state index in [-0.39, 0.29) is 17.5 Å². The molecule has 4 heteroatoms. The highest BCUT2D eigenvalue weighted by atomic mass is 16.2. The summed E-state index contributed by atoms with van der Waals surface area (Å²) >= 11 is 0. The van der Waals surface area contributed by atoms with Gasteiger partial charge in [-0.1, -0.05) is 55.8 Å². The molecule has 0 radical (unpaired) electrons. The molecule has 1 aromatic carbocycles. The lowest BCUT2D eigenvalue weighted by Gasteiger charge is -2.36. The summed E-state index contributed by atoms with van der Waals surface area (Å²) in [4.78, 5) is 13.4. The summed E-state index contributed by atoms with van der Waals surface area (Å²) in [6.07, 6.45) is 9.71. The van der Waals surface area contributed by atoms with Crippen LogP contribution in [0.25, 0.3) is 0 Å². The van der Waals surface area contributed by atoms with Crippen molar-refractivity contribution in [1.82, 2.24) is 15.1 Å². The lowest BCUT2D eigenvalue weighted by Crippen LogP contribution is -2.47. The molecule has 0 fully saturated rings. The molecule has 0 spiro atoms. The van der Waals surface area contributed by atoms with Crippen molar-refractivity contribution in [2.75, 3.05) is 0 Å². The maximum Gasteiger partial charge on any atom is 0.272 e. The number of hydrogen-bond donors (Lipinski definition) is 1. The van der Waals surface area contributed by atoms with Crippen LogP contribution < -0.4 is 5.32 Å². The van der Waals surface area contributed by atoms with Crippen LogP contribution >= 0.6 is 0 Å². The van der Waals surface area contributed by atoms with Gasteiger partial charge in [0, 0.05) is 11.3 Å². The van der Waals surface area contributed by atoms with E-state index in [0.29, 0.717) is 11.6 Å². The van der Waals surface area contributed by atoms with E-state index in [1.54, 1.807) is 0 Å². The molecule has 1 aromatic heterocycles. The van der Waals surface area contributed by atoms with Crippen LogP contribution in [-0.2, 0) is 12.8 Å². The lowest BCUT2D eigenvalue weighted by atomic mass is 9.78. The van der Waals surface area contributed by atoms with Crippen molar-refractivity contribution in [3.8, 4) is 0 Å². The van der Waals surface area contributed by atoms with Crippen LogP contribution in [0.3, 0.4) is 0 Å². The smallest absolute Gasteiger partial charge is 0.272 e. The van der Waals surface area contributed by atoms with Crippen molar-refractivity contribution in [2.24, 2.45) is 5.92 Å². The summed E-state index contributed by atoms with van der Waals surface area (Å²) < 4.78 is 2.11. The van der Waals surface area contributed by atoms with Crippen molar-refractivity contribution in [3.63, 3.8) is 0 Å². The third-order valence-corrected chi connectivity index (χ3v) is 6.83. The lowest BCUT2D eigenvalue weighted by molar-refractivity contribution is 0.0903. The summed E-state index contributed by atoms with van der Waals surface area (Å²) in [5, 5.41) is 8.26. The zero-order valence-electron chi connectivity index (χ0n) is 18.9. The standard InChI is InChI=1S/C26H35N3O/c1-5-20-15-18(2)16-26(4,17-20)27-25(30)24-22-13-9-10-14-23(22)29(28-24)19(3)21-11-7-6-8-12-21/h6-8,11-12,17-19H,5,9-10,13-16H2,1-4H3,(H,27,30). The van der Waals surface area contributed by atoms with E-state index in [1.165, 1.54) is 23.3 Å². The molecular weight excluding hydrogens is 370 g/mol. The third kappa shape index (κ3) is 4.10. The van der Waals surface area contributed by atoms with Crippen LogP contribution in [0.4, 0.5) is 0 Å². The second-order valence-corrected chi connectivity index (χ2v) is 9.55. The van der Waals surface area contributed by atoms with Gasteiger partial charge in [-0.2, -0.15) is 5.10 Å². The first-order valence-electron chi connectivity index (χ1n) is 11.6. The monoisotopic (exact) mass is 405 g/mol. The van der Waals surface area contributed by atoms with E-state index in [0.717, 1.165) is 44.1 Å². The first-order valence-corrected chi connectivity index (χ1v) is 11.6. The molecule has 2 aliphatic carbocycles. The van der Waals surface area contributed by atoms with Crippen LogP contribution in [-0.4, -0.2) is 21.2 Å². The Balaban J connectivity index is 1.66. The number of hydrogen-bond acceptors (Lipinski definition) is 2. The summed E-state index contributed by atoms with van der Waals surface area (Å²) in [5.74, 6) is 0.565. The molecule has 3 unspecified atom stereocenters. The molecule has 1 amide bonds. The molecule has 1 heterocycles. The van der Waals surface area contributed by atoms with Gasteiger partial charge in [-0.3, -0.25) is 9.48 Å². The molecule has 0 aliphatic heterocycles. The molecule has 0 saturated carbocycles. The van der Waals surface area contributed by atoms with Gasteiger partial charge < -0.3 is 5.32 Å². The van der Waals surface area contributed by atoms with E-state index in [2.05, 4.69) is 68.0 Å². The number of aromatic nitrogens is 2. The predicted molar refractivity (Wildman–Crippen MR) is 122 cm³/mol. The number of rotatable bonds is 5. The van der Waals surface area contributed by atoms with Gasteiger partial charge >= 0.3 is 0 Å². The molecule has 4 nitrogen and oxygen atoms in total. The van der Waals surface area contributed by atoms with Crippen molar-refractivity contribution >= 4 is 5.91 Å². The SMILES string of the molecule is CCC1=CC(C)(NC(=O)c2nn(C(C)c3ccccc3)c3c2CCCC3)CC(C)C1. The number of amides is 1. The second kappa shape index (κ2) is 8.41. The maximum atomic E-state index is 13.4. The molecule has 2 aromatic rings. The van der Waals surface area contributed by atoms with Crippen molar-refractivity contribution < 1.29 is 4.79 Å². The number of benzene rings is 1. The van der Waals surface area contributed by atoms with Gasteiger partial charge in [0.25, 0.3) is 5.91 Å². The largest absolute Gasteiger partial charge is 0.342 e. The van der Waals surface area contributed by atoms with Crippen molar-refractivity contribution in [3.05, 3.63) is 64.5 Å². The number of allylic oxidation sites excluding steroid dienone is 1. The highest BCUT2D eigenvalue weighted by Crippen LogP contribution is 2.34. The zero-order chi connectivity index (χ0) is 21.3. The Labute approximate surface area is 180 Å². The van der Waals surface area contributed by atoms with Crippen LogP contribution in [0.15, 0.2) is 42.0 Å². The van der Waals surface area contributed by atoms with Crippen molar-refractivity contribution in [1.29, 1.82) is 0 Å². The minimum atomic E-state index is -0.295. The fraction of sp³-hybridized carbons (Fsp3) is 0.538. The van der Waals surface area contributed by atoms with Crippen LogP contribution in [0, 0.1) is 5.92 Å². The number of carbonyl (C=O) groups excluding carboxylic acids is 1. The van der Waals surface area contributed by atoms with Crippen LogP contribution in [0.1, 0.15) is 93.2 Å². The first-order chi connectivity index (χ1) is 14.4. The molecule has 1 N–H and O–H groups in total. The minimum absolute atomic E-state index is 0.0181. The first kappa shape index (κ1) is 20.9.